The van der Waals surface area contributed by atoms with E-state index in [2.05, 4.69) is 32.2 Å². The van der Waals surface area contributed by atoms with Crippen LogP contribution in [0.4, 0.5) is 0 Å². The van der Waals surface area contributed by atoms with E-state index in [-0.39, 0.29) is 16.9 Å². The summed E-state index contributed by atoms with van der Waals surface area (Å²) in [6.45, 7) is 22.5. The van der Waals surface area contributed by atoms with Gasteiger partial charge in [0.15, 0.2) is 0 Å². The third-order valence-corrected chi connectivity index (χ3v) is 2.69. The third kappa shape index (κ3) is 8.86. The lowest BCUT2D eigenvalue weighted by Crippen LogP contribution is -2.40. The summed E-state index contributed by atoms with van der Waals surface area (Å²) in [5.74, 6) is -0.00306. The van der Waals surface area contributed by atoms with Gasteiger partial charge < -0.3 is 5.32 Å². The van der Waals surface area contributed by atoms with Crippen LogP contribution in [0.5, 0.6) is 0 Å². The zero-order valence-corrected chi connectivity index (χ0v) is 16.6. The van der Waals surface area contributed by atoms with E-state index in [9.17, 15) is 4.79 Å². The van der Waals surface area contributed by atoms with E-state index >= 15 is 0 Å². The van der Waals surface area contributed by atoms with Crippen molar-refractivity contribution in [1.29, 1.82) is 0 Å². The molecule has 1 rings (SSSR count). The fourth-order valence-corrected chi connectivity index (χ4v) is 1.76. The summed E-state index contributed by atoms with van der Waals surface area (Å²) in [6.07, 6.45) is 0. The summed E-state index contributed by atoms with van der Waals surface area (Å²) < 4.78 is 0. The largest absolute Gasteiger partial charge is 0.347 e. The van der Waals surface area contributed by atoms with Crippen molar-refractivity contribution in [1.82, 2.24) is 5.32 Å². The zero-order valence-electron chi connectivity index (χ0n) is 16.6. The van der Waals surface area contributed by atoms with Gasteiger partial charge in [-0.25, -0.2) is 0 Å². The van der Waals surface area contributed by atoms with E-state index in [4.69, 9.17) is 0 Å². The molecule has 1 N–H and O–H groups in total. The molecule has 128 valence electrons. The molecule has 0 aliphatic rings. The van der Waals surface area contributed by atoms with Crippen LogP contribution >= 0.6 is 0 Å². The van der Waals surface area contributed by atoms with Gasteiger partial charge in [-0.2, -0.15) is 0 Å². The Morgan fingerprint density at radius 1 is 0.864 bits per heavy atom. The molecular formula is C20H37NO. The lowest BCUT2D eigenvalue weighted by molar-refractivity contribution is 0.0919. The standard InChI is InChI=1S/C16H25NO.2C2H6/c1-11-8-12(14(18)17-16(5,6)7)10-13(9-11)15(2,3)4;2*1-2/h8-10H,1-7H3,(H,17,18);2*1-2H3. The highest BCUT2D eigenvalue weighted by molar-refractivity contribution is 5.95. The van der Waals surface area contributed by atoms with Gasteiger partial charge in [-0.15, -0.1) is 0 Å². The van der Waals surface area contributed by atoms with Crippen LogP contribution in [0.25, 0.3) is 0 Å². The van der Waals surface area contributed by atoms with Gasteiger partial charge in [0.25, 0.3) is 5.91 Å². The zero-order chi connectivity index (χ0) is 18.1. The Kier molecular flexibility index (Phi) is 10.1. The van der Waals surface area contributed by atoms with Gasteiger partial charge in [-0.05, 0) is 50.8 Å². The van der Waals surface area contributed by atoms with Gasteiger partial charge in [-0.3, -0.25) is 4.79 Å². The minimum absolute atomic E-state index is 0.00306. The normalized spacial score (nSPS) is 10.7. The third-order valence-electron chi connectivity index (χ3n) is 2.69. The molecule has 1 aromatic rings. The number of carbonyl (C=O) groups is 1. The van der Waals surface area contributed by atoms with Gasteiger partial charge in [0.1, 0.15) is 0 Å². The number of hydrogen-bond acceptors (Lipinski definition) is 1. The van der Waals surface area contributed by atoms with Gasteiger partial charge in [0.2, 0.25) is 0 Å². The highest BCUT2D eigenvalue weighted by atomic mass is 16.1. The van der Waals surface area contributed by atoms with Crippen LogP contribution in [0.2, 0.25) is 0 Å². The SMILES string of the molecule is CC.CC.Cc1cc(C(=O)NC(C)(C)C)cc(C(C)(C)C)c1. The lowest BCUT2D eigenvalue weighted by atomic mass is 9.85. The molecule has 1 amide bonds. The predicted molar refractivity (Wildman–Crippen MR) is 99.8 cm³/mol. The van der Waals surface area contributed by atoms with Crippen LogP contribution in [-0.4, -0.2) is 11.4 Å². The quantitative estimate of drug-likeness (QED) is 0.690. The predicted octanol–water partition coefficient (Wildman–Crippen LogP) is 5.87. The summed E-state index contributed by atoms with van der Waals surface area (Å²) in [7, 11) is 0. The van der Waals surface area contributed by atoms with Crippen molar-refractivity contribution in [2.75, 3.05) is 0 Å². The number of rotatable bonds is 1. The van der Waals surface area contributed by atoms with Gasteiger partial charge in [0.05, 0.1) is 0 Å². The van der Waals surface area contributed by atoms with Gasteiger partial charge in [-0.1, -0.05) is 60.1 Å². The van der Waals surface area contributed by atoms with Crippen molar-refractivity contribution in [3.8, 4) is 0 Å². The Hall–Kier alpha value is -1.31. The number of hydrogen-bond donors (Lipinski definition) is 1. The first-order valence-corrected chi connectivity index (χ1v) is 8.44. The van der Waals surface area contributed by atoms with E-state index in [1.54, 1.807) is 0 Å². The van der Waals surface area contributed by atoms with Crippen LogP contribution in [0.15, 0.2) is 18.2 Å². The van der Waals surface area contributed by atoms with Crippen LogP contribution in [-0.2, 0) is 5.41 Å². The maximum absolute atomic E-state index is 12.2. The summed E-state index contributed by atoms with van der Waals surface area (Å²) in [5.41, 5.74) is 2.92. The molecule has 0 spiro atoms. The second-order valence-corrected chi connectivity index (χ2v) is 7.04. The molecular weight excluding hydrogens is 270 g/mol. The molecule has 2 nitrogen and oxygen atoms in total. The second kappa shape index (κ2) is 9.66. The van der Waals surface area contributed by atoms with Gasteiger partial charge in [0, 0.05) is 11.1 Å². The number of benzene rings is 1. The maximum atomic E-state index is 12.2. The molecule has 0 radical (unpaired) electrons. The molecule has 0 bridgehead atoms. The molecule has 22 heavy (non-hydrogen) atoms. The van der Waals surface area contributed by atoms with Gasteiger partial charge >= 0.3 is 0 Å². The monoisotopic (exact) mass is 307 g/mol. The highest BCUT2D eigenvalue weighted by Gasteiger charge is 2.19. The van der Waals surface area contributed by atoms with Crippen LogP contribution in [0, 0.1) is 6.92 Å². The van der Waals surface area contributed by atoms with Crippen LogP contribution < -0.4 is 5.32 Å². The summed E-state index contributed by atoms with van der Waals surface area (Å²) in [6, 6.07) is 6.08. The Morgan fingerprint density at radius 2 is 1.32 bits per heavy atom. The Balaban J connectivity index is 0. The first kappa shape index (κ1) is 23.0. The smallest absolute Gasteiger partial charge is 0.251 e. The van der Waals surface area contributed by atoms with Crippen LogP contribution in [0.3, 0.4) is 0 Å². The number of nitrogens with one attached hydrogen (secondary N) is 1. The summed E-state index contributed by atoms with van der Waals surface area (Å²) in [4.78, 5) is 12.2. The van der Waals surface area contributed by atoms with E-state index < -0.39 is 0 Å². The van der Waals surface area contributed by atoms with Crippen LogP contribution in [0.1, 0.15) is 90.7 Å². The fourth-order valence-electron chi connectivity index (χ4n) is 1.76. The van der Waals surface area contributed by atoms with Crippen molar-refractivity contribution in [3.63, 3.8) is 0 Å². The molecule has 0 aliphatic heterocycles. The molecule has 0 fully saturated rings. The Morgan fingerprint density at radius 3 is 1.68 bits per heavy atom. The average Bonchev–Trinajstić information content (AvgIpc) is 2.39. The second-order valence-electron chi connectivity index (χ2n) is 7.04. The lowest BCUT2D eigenvalue weighted by Gasteiger charge is -2.23. The maximum Gasteiger partial charge on any atom is 0.251 e. The first-order chi connectivity index (χ1) is 9.99. The topological polar surface area (TPSA) is 29.1 Å². The summed E-state index contributed by atoms with van der Waals surface area (Å²) >= 11 is 0. The Labute approximate surface area is 138 Å². The van der Waals surface area contributed by atoms with E-state index in [0.29, 0.717) is 0 Å². The molecule has 2 heteroatoms. The summed E-state index contributed by atoms with van der Waals surface area (Å²) in [5, 5.41) is 3.00. The molecule has 1 aromatic carbocycles. The molecule has 0 saturated heterocycles. The van der Waals surface area contributed by atoms with Crippen molar-refractivity contribution in [2.45, 2.75) is 87.1 Å². The minimum Gasteiger partial charge on any atom is -0.347 e. The molecule has 0 heterocycles. The molecule has 0 saturated carbocycles. The van der Waals surface area contributed by atoms with Crippen molar-refractivity contribution in [2.24, 2.45) is 0 Å². The molecule has 0 atom stereocenters. The number of aryl methyl sites for hydroxylation is 1. The molecule has 0 unspecified atom stereocenters. The number of amides is 1. The highest BCUT2D eigenvalue weighted by Crippen LogP contribution is 2.24. The molecule has 0 aromatic heterocycles. The van der Waals surface area contributed by atoms with E-state index in [0.717, 1.165) is 11.1 Å². The van der Waals surface area contributed by atoms with Crippen molar-refractivity contribution < 1.29 is 4.79 Å². The van der Waals surface area contributed by atoms with E-state index in [1.165, 1.54) is 5.56 Å². The first-order valence-electron chi connectivity index (χ1n) is 8.44. The van der Waals surface area contributed by atoms with Crippen molar-refractivity contribution in [3.05, 3.63) is 34.9 Å². The minimum atomic E-state index is -0.206. The number of carbonyl (C=O) groups excluding carboxylic acids is 1. The Bertz CT molecular complexity index is 448. The fraction of sp³-hybridized carbons (Fsp3) is 0.650. The van der Waals surface area contributed by atoms with E-state index in [1.807, 2.05) is 67.5 Å². The van der Waals surface area contributed by atoms with Crippen molar-refractivity contribution >= 4 is 5.91 Å². The average molecular weight is 308 g/mol. The molecule has 0 aliphatic carbocycles.